The van der Waals surface area contributed by atoms with Crippen molar-refractivity contribution in [3.63, 3.8) is 0 Å². The molecule has 21 heavy (non-hydrogen) atoms. The van der Waals surface area contributed by atoms with E-state index in [1.807, 2.05) is 49.4 Å². The molecule has 2 aromatic carbocycles. The van der Waals surface area contributed by atoms with Crippen LogP contribution in [0.3, 0.4) is 0 Å². The average molecular weight is 281 g/mol. The third-order valence-electron chi connectivity index (χ3n) is 3.38. The molecule has 0 radical (unpaired) electrons. The molecular formula is C16H15N3O2. The van der Waals surface area contributed by atoms with Crippen LogP contribution in [0.25, 0.3) is 22.8 Å². The first-order valence-corrected chi connectivity index (χ1v) is 6.52. The highest BCUT2D eigenvalue weighted by atomic mass is 16.5. The van der Waals surface area contributed by atoms with Crippen LogP contribution in [-0.4, -0.2) is 17.3 Å². The maximum Gasteiger partial charge on any atom is 0.258 e. The summed E-state index contributed by atoms with van der Waals surface area (Å²) >= 11 is 0. The first-order chi connectivity index (χ1) is 10.2. The van der Waals surface area contributed by atoms with Crippen molar-refractivity contribution in [1.82, 2.24) is 10.1 Å². The molecule has 0 bridgehead atoms. The van der Waals surface area contributed by atoms with Crippen LogP contribution < -0.4 is 10.5 Å². The van der Waals surface area contributed by atoms with Gasteiger partial charge in [-0.15, -0.1) is 0 Å². The van der Waals surface area contributed by atoms with Crippen molar-refractivity contribution < 1.29 is 9.26 Å². The highest BCUT2D eigenvalue weighted by molar-refractivity contribution is 5.68. The Morgan fingerprint density at radius 3 is 2.57 bits per heavy atom. The molecule has 0 aliphatic heterocycles. The first kappa shape index (κ1) is 13.2. The summed E-state index contributed by atoms with van der Waals surface area (Å²) < 4.78 is 10.5. The van der Waals surface area contributed by atoms with E-state index in [1.54, 1.807) is 7.11 Å². The van der Waals surface area contributed by atoms with Gasteiger partial charge >= 0.3 is 0 Å². The van der Waals surface area contributed by atoms with E-state index in [4.69, 9.17) is 15.0 Å². The molecule has 0 saturated heterocycles. The Morgan fingerprint density at radius 1 is 1.10 bits per heavy atom. The van der Waals surface area contributed by atoms with E-state index in [-0.39, 0.29) is 0 Å². The van der Waals surface area contributed by atoms with Crippen LogP contribution in [0.15, 0.2) is 47.0 Å². The molecule has 0 aliphatic rings. The fraction of sp³-hybridized carbons (Fsp3) is 0.125. The third kappa shape index (κ3) is 2.45. The summed E-state index contributed by atoms with van der Waals surface area (Å²) in [6, 6.07) is 13.1. The molecule has 5 nitrogen and oxygen atoms in total. The Balaban J connectivity index is 1.97. The Morgan fingerprint density at radius 2 is 1.86 bits per heavy atom. The van der Waals surface area contributed by atoms with Gasteiger partial charge in [0.15, 0.2) is 0 Å². The smallest absolute Gasteiger partial charge is 0.258 e. The minimum atomic E-state index is 0.464. The van der Waals surface area contributed by atoms with Gasteiger partial charge in [0.2, 0.25) is 5.82 Å². The van der Waals surface area contributed by atoms with Crippen molar-refractivity contribution in [2.24, 2.45) is 0 Å². The number of rotatable bonds is 3. The summed E-state index contributed by atoms with van der Waals surface area (Å²) in [7, 11) is 1.63. The fourth-order valence-corrected chi connectivity index (χ4v) is 2.08. The van der Waals surface area contributed by atoms with Crippen molar-refractivity contribution in [3.05, 3.63) is 48.0 Å². The molecule has 0 aliphatic carbocycles. The van der Waals surface area contributed by atoms with Gasteiger partial charge in [0, 0.05) is 16.8 Å². The molecule has 0 amide bonds. The number of hydrogen-bond donors (Lipinski definition) is 1. The number of nitrogens with zero attached hydrogens (tertiary/aromatic N) is 2. The Labute approximate surface area is 122 Å². The fourth-order valence-electron chi connectivity index (χ4n) is 2.08. The van der Waals surface area contributed by atoms with E-state index in [9.17, 15) is 0 Å². The van der Waals surface area contributed by atoms with Crippen molar-refractivity contribution in [2.75, 3.05) is 12.8 Å². The second kappa shape index (κ2) is 5.28. The largest absolute Gasteiger partial charge is 0.497 e. The standard InChI is InChI=1S/C16H15N3O2/c1-10-13(4-3-5-14(10)17)16-18-15(19-21-16)11-6-8-12(20-2)9-7-11/h3-9H,17H2,1-2H3. The highest BCUT2D eigenvalue weighted by Gasteiger charge is 2.13. The number of benzene rings is 2. The number of ether oxygens (including phenoxy) is 1. The van der Waals surface area contributed by atoms with Crippen molar-refractivity contribution in [2.45, 2.75) is 6.92 Å². The zero-order valence-corrected chi connectivity index (χ0v) is 11.8. The van der Waals surface area contributed by atoms with Crippen LogP contribution in [0, 0.1) is 6.92 Å². The number of anilines is 1. The molecular weight excluding hydrogens is 266 g/mol. The second-order valence-corrected chi connectivity index (χ2v) is 4.67. The molecule has 0 fully saturated rings. The minimum absolute atomic E-state index is 0.464. The van der Waals surface area contributed by atoms with Gasteiger partial charge in [0.05, 0.1) is 7.11 Å². The molecule has 1 heterocycles. The van der Waals surface area contributed by atoms with Crippen LogP contribution in [-0.2, 0) is 0 Å². The van der Waals surface area contributed by atoms with Crippen LogP contribution in [0.2, 0.25) is 0 Å². The van der Waals surface area contributed by atoms with Crippen molar-refractivity contribution in [1.29, 1.82) is 0 Å². The van der Waals surface area contributed by atoms with Gasteiger partial charge in [-0.3, -0.25) is 0 Å². The maximum absolute atomic E-state index is 5.90. The summed E-state index contributed by atoms with van der Waals surface area (Å²) in [6.07, 6.45) is 0. The summed E-state index contributed by atoms with van der Waals surface area (Å²) in [4.78, 5) is 4.43. The van der Waals surface area contributed by atoms with Crippen molar-refractivity contribution in [3.8, 4) is 28.6 Å². The molecule has 0 spiro atoms. The number of methoxy groups -OCH3 is 1. The zero-order valence-electron chi connectivity index (χ0n) is 11.8. The summed E-state index contributed by atoms with van der Waals surface area (Å²) in [5, 5.41) is 4.02. The number of aromatic nitrogens is 2. The SMILES string of the molecule is COc1ccc(-c2noc(-c3cccc(N)c3C)n2)cc1. The topological polar surface area (TPSA) is 74.2 Å². The average Bonchev–Trinajstić information content (AvgIpc) is 3.00. The van der Waals surface area contributed by atoms with Crippen LogP contribution in [0.4, 0.5) is 5.69 Å². The molecule has 5 heteroatoms. The normalized spacial score (nSPS) is 10.6. The Hall–Kier alpha value is -2.82. The van der Waals surface area contributed by atoms with Crippen molar-refractivity contribution >= 4 is 5.69 Å². The number of hydrogen-bond acceptors (Lipinski definition) is 5. The van der Waals surface area contributed by atoms with E-state index >= 15 is 0 Å². The van der Waals surface area contributed by atoms with Gasteiger partial charge in [-0.1, -0.05) is 11.2 Å². The summed E-state index contributed by atoms with van der Waals surface area (Å²) in [5.41, 5.74) is 9.26. The third-order valence-corrected chi connectivity index (χ3v) is 3.38. The van der Waals surface area contributed by atoms with E-state index in [0.717, 1.165) is 22.4 Å². The lowest BCUT2D eigenvalue weighted by molar-refractivity contribution is 0.415. The Kier molecular flexibility index (Phi) is 3.31. The lowest BCUT2D eigenvalue weighted by atomic mass is 10.1. The molecule has 1 aromatic heterocycles. The molecule has 0 atom stereocenters. The lowest BCUT2D eigenvalue weighted by Gasteiger charge is -2.03. The molecule has 2 N–H and O–H groups in total. The maximum atomic E-state index is 5.90. The predicted octanol–water partition coefficient (Wildman–Crippen LogP) is 3.30. The summed E-state index contributed by atoms with van der Waals surface area (Å²) in [6.45, 7) is 1.93. The lowest BCUT2D eigenvalue weighted by Crippen LogP contribution is -1.92. The predicted molar refractivity (Wildman–Crippen MR) is 80.9 cm³/mol. The highest BCUT2D eigenvalue weighted by Crippen LogP contribution is 2.28. The second-order valence-electron chi connectivity index (χ2n) is 4.67. The van der Waals surface area contributed by atoms with Gasteiger partial charge in [-0.25, -0.2) is 0 Å². The number of nitrogens with two attached hydrogens (primary N) is 1. The van der Waals surface area contributed by atoms with Crippen LogP contribution in [0.5, 0.6) is 5.75 Å². The Bertz CT molecular complexity index is 763. The molecule has 0 saturated carbocycles. The molecule has 3 rings (SSSR count). The van der Waals surface area contributed by atoms with Gasteiger partial charge < -0.3 is 15.0 Å². The first-order valence-electron chi connectivity index (χ1n) is 6.52. The zero-order chi connectivity index (χ0) is 14.8. The van der Waals surface area contributed by atoms with Gasteiger partial charge in [-0.2, -0.15) is 4.98 Å². The van der Waals surface area contributed by atoms with Gasteiger partial charge in [0.25, 0.3) is 5.89 Å². The molecule has 106 valence electrons. The number of nitrogen functional groups attached to an aromatic ring is 1. The monoisotopic (exact) mass is 281 g/mol. The molecule has 3 aromatic rings. The van der Waals surface area contributed by atoms with E-state index < -0.39 is 0 Å². The minimum Gasteiger partial charge on any atom is -0.497 e. The van der Waals surface area contributed by atoms with Crippen LogP contribution in [0.1, 0.15) is 5.56 Å². The van der Waals surface area contributed by atoms with E-state index in [0.29, 0.717) is 17.4 Å². The van der Waals surface area contributed by atoms with E-state index in [1.165, 1.54) is 0 Å². The van der Waals surface area contributed by atoms with E-state index in [2.05, 4.69) is 10.1 Å². The quantitative estimate of drug-likeness (QED) is 0.745. The summed E-state index contributed by atoms with van der Waals surface area (Å²) in [5.74, 6) is 1.79. The molecule has 0 unspecified atom stereocenters. The van der Waals surface area contributed by atoms with Gasteiger partial charge in [0.1, 0.15) is 5.75 Å². The van der Waals surface area contributed by atoms with Crippen LogP contribution >= 0.6 is 0 Å². The van der Waals surface area contributed by atoms with Gasteiger partial charge in [-0.05, 0) is 48.9 Å².